The second-order valence-corrected chi connectivity index (χ2v) is 5.05. The minimum Gasteiger partial charge on any atom is -0.382 e. The van der Waals surface area contributed by atoms with Crippen LogP contribution >= 0.6 is 0 Å². The van der Waals surface area contributed by atoms with Crippen molar-refractivity contribution in [2.75, 3.05) is 13.1 Å². The summed E-state index contributed by atoms with van der Waals surface area (Å²) >= 11 is 0. The average molecular weight is 246 g/mol. The van der Waals surface area contributed by atoms with Crippen molar-refractivity contribution in [3.8, 4) is 0 Å². The van der Waals surface area contributed by atoms with E-state index in [1.54, 1.807) is 6.20 Å². The number of nitrogens with one attached hydrogen (secondary N) is 1. The summed E-state index contributed by atoms with van der Waals surface area (Å²) in [5.74, 6) is 0.955. The van der Waals surface area contributed by atoms with E-state index in [1.165, 1.54) is 19.3 Å². The zero-order valence-corrected chi connectivity index (χ0v) is 11.0. The SMILES string of the molecule is CCC1CCN(Cc2cccnc2C(=N)N)CC1. The van der Waals surface area contributed by atoms with Crippen LogP contribution in [0.3, 0.4) is 0 Å². The molecule has 0 aromatic carbocycles. The first-order valence-corrected chi connectivity index (χ1v) is 6.71. The van der Waals surface area contributed by atoms with Gasteiger partial charge in [0.2, 0.25) is 0 Å². The van der Waals surface area contributed by atoms with Crippen molar-refractivity contribution in [3.05, 3.63) is 29.6 Å². The van der Waals surface area contributed by atoms with Gasteiger partial charge in [-0.25, -0.2) is 0 Å². The molecule has 2 heterocycles. The van der Waals surface area contributed by atoms with Gasteiger partial charge in [0, 0.05) is 12.7 Å². The van der Waals surface area contributed by atoms with E-state index in [1.807, 2.05) is 12.1 Å². The molecule has 0 aliphatic carbocycles. The number of likely N-dealkylation sites (tertiary alicyclic amines) is 1. The zero-order chi connectivity index (χ0) is 13.0. The van der Waals surface area contributed by atoms with Gasteiger partial charge in [0.05, 0.1) is 0 Å². The van der Waals surface area contributed by atoms with E-state index < -0.39 is 0 Å². The maximum Gasteiger partial charge on any atom is 0.142 e. The van der Waals surface area contributed by atoms with E-state index in [-0.39, 0.29) is 5.84 Å². The monoisotopic (exact) mass is 246 g/mol. The van der Waals surface area contributed by atoms with Crippen LogP contribution in [-0.2, 0) is 6.54 Å². The van der Waals surface area contributed by atoms with Crippen molar-refractivity contribution in [3.63, 3.8) is 0 Å². The Kier molecular flexibility index (Phi) is 4.31. The molecule has 0 bridgehead atoms. The fraction of sp³-hybridized carbons (Fsp3) is 0.571. The molecule has 1 aromatic heterocycles. The molecule has 98 valence electrons. The summed E-state index contributed by atoms with van der Waals surface area (Å²) in [6, 6.07) is 3.94. The van der Waals surface area contributed by atoms with E-state index in [0.717, 1.165) is 31.1 Å². The first-order chi connectivity index (χ1) is 8.70. The van der Waals surface area contributed by atoms with Crippen LogP contribution in [-0.4, -0.2) is 28.8 Å². The third-order valence-corrected chi connectivity index (χ3v) is 3.82. The standard InChI is InChI=1S/C14H22N4/c1-2-11-5-8-18(9-6-11)10-12-4-3-7-17-13(12)14(15)16/h3-4,7,11H,2,5-6,8-10H2,1H3,(H3,15,16). The minimum atomic E-state index is 0.0639. The Morgan fingerprint density at radius 1 is 1.50 bits per heavy atom. The molecule has 2 rings (SSSR count). The second-order valence-electron chi connectivity index (χ2n) is 5.05. The summed E-state index contributed by atoms with van der Waals surface area (Å²) in [7, 11) is 0. The highest BCUT2D eigenvalue weighted by Gasteiger charge is 2.19. The van der Waals surface area contributed by atoms with Crippen molar-refractivity contribution in [1.82, 2.24) is 9.88 Å². The molecule has 0 amide bonds. The number of pyridine rings is 1. The number of piperidine rings is 1. The number of rotatable bonds is 4. The molecule has 1 aromatic rings. The number of hydrogen-bond donors (Lipinski definition) is 2. The molecular formula is C14H22N4. The molecule has 1 saturated heterocycles. The van der Waals surface area contributed by atoms with Gasteiger partial charge in [-0.2, -0.15) is 0 Å². The predicted molar refractivity (Wildman–Crippen MR) is 73.5 cm³/mol. The quantitative estimate of drug-likeness (QED) is 0.630. The molecule has 4 heteroatoms. The molecule has 0 spiro atoms. The maximum absolute atomic E-state index is 7.55. The predicted octanol–water partition coefficient (Wildman–Crippen LogP) is 1.99. The topological polar surface area (TPSA) is 66.0 Å². The van der Waals surface area contributed by atoms with Crippen LogP contribution in [0.1, 0.15) is 37.4 Å². The Hall–Kier alpha value is -1.42. The third-order valence-electron chi connectivity index (χ3n) is 3.82. The molecule has 0 unspecified atom stereocenters. The normalized spacial score (nSPS) is 17.8. The summed E-state index contributed by atoms with van der Waals surface area (Å²) in [5.41, 5.74) is 7.27. The lowest BCUT2D eigenvalue weighted by Crippen LogP contribution is -2.33. The molecule has 3 N–H and O–H groups in total. The largest absolute Gasteiger partial charge is 0.382 e. The van der Waals surface area contributed by atoms with Crippen LogP contribution in [0, 0.1) is 11.3 Å². The first kappa shape index (κ1) is 13.0. The number of nitrogens with zero attached hydrogens (tertiary/aromatic N) is 2. The van der Waals surface area contributed by atoms with Crippen LogP contribution in [0.4, 0.5) is 0 Å². The van der Waals surface area contributed by atoms with Crippen molar-refractivity contribution in [2.45, 2.75) is 32.7 Å². The molecular weight excluding hydrogens is 224 g/mol. The summed E-state index contributed by atoms with van der Waals surface area (Å²) in [6.07, 6.45) is 5.56. The van der Waals surface area contributed by atoms with Gasteiger partial charge < -0.3 is 5.73 Å². The Bertz CT molecular complexity index is 408. The second kappa shape index (κ2) is 5.96. The van der Waals surface area contributed by atoms with E-state index in [9.17, 15) is 0 Å². The number of nitrogen functional groups attached to an aromatic ring is 1. The smallest absolute Gasteiger partial charge is 0.142 e. The van der Waals surface area contributed by atoms with Crippen molar-refractivity contribution >= 4 is 5.84 Å². The van der Waals surface area contributed by atoms with Crippen LogP contribution in [0.15, 0.2) is 18.3 Å². The summed E-state index contributed by atoms with van der Waals surface area (Å²) in [5, 5.41) is 7.55. The lowest BCUT2D eigenvalue weighted by molar-refractivity contribution is 0.175. The Morgan fingerprint density at radius 3 is 2.83 bits per heavy atom. The van der Waals surface area contributed by atoms with Gasteiger partial charge in [-0.15, -0.1) is 0 Å². The van der Waals surface area contributed by atoms with Gasteiger partial charge >= 0.3 is 0 Å². The highest BCUT2D eigenvalue weighted by Crippen LogP contribution is 2.21. The number of amidine groups is 1. The zero-order valence-electron chi connectivity index (χ0n) is 11.0. The van der Waals surface area contributed by atoms with Crippen molar-refractivity contribution in [2.24, 2.45) is 11.7 Å². The van der Waals surface area contributed by atoms with Crippen molar-refractivity contribution in [1.29, 1.82) is 5.41 Å². The van der Waals surface area contributed by atoms with Gasteiger partial charge in [-0.05, 0) is 43.5 Å². The van der Waals surface area contributed by atoms with E-state index in [2.05, 4.69) is 16.8 Å². The van der Waals surface area contributed by atoms with Crippen LogP contribution in [0.2, 0.25) is 0 Å². The lowest BCUT2D eigenvalue weighted by Gasteiger charge is -2.31. The molecule has 0 atom stereocenters. The molecule has 0 radical (unpaired) electrons. The first-order valence-electron chi connectivity index (χ1n) is 6.71. The highest BCUT2D eigenvalue weighted by molar-refractivity contribution is 5.94. The highest BCUT2D eigenvalue weighted by atomic mass is 15.1. The van der Waals surface area contributed by atoms with E-state index in [4.69, 9.17) is 11.1 Å². The molecule has 1 aliphatic rings. The van der Waals surface area contributed by atoms with E-state index in [0.29, 0.717) is 5.69 Å². The van der Waals surface area contributed by atoms with Crippen molar-refractivity contribution < 1.29 is 0 Å². The van der Waals surface area contributed by atoms with Gasteiger partial charge in [0.25, 0.3) is 0 Å². The summed E-state index contributed by atoms with van der Waals surface area (Å²) in [6.45, 7) is 5.42. The van der Waals surface area contributed by atoms with E-state index >= 15 is 0 Å². The van der Waals surface area contributed by atoms with Gasteiger partial charge in [0.15, 0.2) is 0 Å². The average Bonchev–Trinajstić information content (AvgIpc) is 2.40. The Morgan fingerprint density at radius 2 is 2.22 bits per heavy atom. The van der Waals surface area contributed by atoms with Gasteiger partial charge in [0.1, 0.15) is 11.5 Å². The lowest BCUT2D eigenvalue weighted by atomic mass is 9.94. The maximum atomic E-state index is 7.55. The third kappa shape index (κ3) is 3.07. The Balaban J connectivity index is 2.00. The molecule has 1 fully saturated rings. The molecule has 0 saturated carbocycles. The summed E-state index contributed by atoms with van der Waals surface area (Å²) in [4.78, 5) is 6.64. The fourth-order valence-corrected chi connectivity index (χ4v) is 2.60. The molecule has 4 nitrogen and oxygen atoms in total. The fourth-order valence-electron chi connectivity index (χ4n) is 2.60. The molecule has 1 aliphatic heterocycles. The van der Waals surface area contributed by atoms with Crippen LogP contribution < -0.4 is 5.73 Å². The number of hydrogen-bond acceptors (Lipinski definition) is 3. The van der Waals surface area contributed by atoms with Gasteiger partial charge in [-0.3, -0.25) is 15.3 Å². The van der Waals surface area contributed by atoms with Crippen LogP contribution in [0.25, 0.3) is 0 Å². The van der Waals surface area contributed by atoms with Crippen LogP contribution in [0.5, 0.6) is 0 Å². The Labute approximate surface area is 109 Å². The molecule has 18 heavy (non-hydrogen) atoms. The number of nitrogens with two attached hydrogens (primary N) is 1. The summed E-state index contributed by atoms with van der Waals surface area (Å²) < 4.78 is 0. The van der Waals surface area contributed by atoms with Gasteiger partial charge in [-0.1, -0.05) is 19.4 Å². The minimum absolute atomic E-state index is 0.0639. The number of aromatic nitrogens is 1.